The molecule has 0 saturated carbocycles. The largest absolute Gasteiger partial charge is 0.378 e. The van der Waals surface area contributed by atoms with Crippen LogP contribution >= 0.6 is 0 Å². The van der Waals surface area contributed by atoms with Crippen molar-refractivity contribution in [3.8, 4) is 0 Å². The minimum absolute atomic E-state index is 0.0330. The van der Waals surface area contributed by atoms with Gasteiger partial charge >= 0.3 is 0 Å². The summed E-state index contributed by atoms with van der Waals surface area (Å²) < 4.78 is 0. The second-order valence-corrected chi connectivity index (χ2v) is 8.10. The van der Waals surface area contributed by atoms with Crippen molar-refractivity contribution < 1.29 is 4.79 Å². The van der Waals surface area contributed by atoms with Crippen molar-refractivity contribution >= 4 is 11.6 Å². The van der Waals surface area contributed by atoms with Gasteiger partial charge < -0.3 is 21.3 Å². The standard InChI is InChI=1S/C25H36N4O/c1-4-10-20-23(26)21-17-19(25(30)27-15-16-29(5-2)6-3)13-14-22(21)28-24(20)18-11-8-7-9-12-18/h7-9,11-14,17,20,23-24,28H,4-6,10,15-16,26H2,1-3H3,(H,27,30). The number of carbonyl (C=O) groups excluding carboxylic acids is 1. The number of nitrogens with one attached hydrogen (secondary N) is 2. The van der Waals surface area contributed by atoms with E-state index >= 15 is 0 Å². The first-order valence-electron chi connectivity index (χ1n) is 11.3. The first-order chi connectivity index (χ1) is 14.6. The Labute approximate surface area is 181 Å². The van der Waals surface area contributed by atoms with Gasteiger partial charge in [-0.15, -0.1) is 0 Å². The van der Waals surface area contributed by atoms with E-state index in [0.717, 1.165) is 43.7 Å². The lowest BCUT2D eigenvalue weighted by Crippen LogP contribution is -2.37. The predicted octanol–water partition coefficient (Wildman–Crippen LogP) is 4.34. The van der Waals surface area contributed by atoms with E-state index in [9.17, 15) is 4.79 Å². The lowest BCUT2D eigenvalue weighted by Gasteiger charge is -2.39. The number of rotatable bonds is 9. The highest BCUT2D eigenvalue weighted by atomic mass is 16.1. The Morgan fingerprint density at radius 2 is 1.83 bits per heavy atom. The van der Waals surface area contributed by atoms with Gasteiger partial charge in [0.25, 0.3) is 5.91 Å². The second kappa shape index (κ2) is 10.6. The summed E-state index contributed by atoms with van der Waals surface area (Å²) in [6.45, 7) is 9.97. The van der Waals surface area contributed by atoms with E-state index in [4.69, 9.17) is 5.73 Å². The second-order valence-electron chi connectivity index (χ2n) is 8.10. The summed E-state index contributed by atoms with van der Waals surface area (Å²) in [5, 5.41) is 6.75. The maximum Gasteiger partial charge on any atom is 0.251 e. The smallest absolute Gasteiger partial charge is 0.251 e. The molecule has 3 atom stereocenters. The van der Waals surface area contributed by atoms with E-state index in [1.165, 1.54) is 5.56 Å². The molecular weight excluding hydrogens is 372 g/mol. The molecule has 4 N–H and O–H groups in total. The third-order valence-electron chi connectivity index (χ3n) is 6.26. The summed E-state index contributed by atoms with van der Waals surface area (Å²) in [6.07, 6.45) is 2.11. The van der Waals surface area contributed by atoms with Crippen LogP contribution in [0.5, 0.6) is 0 Å². The monoisotopic (exact) mass is 408 g/mol. The van der Waals surface area contributed by atoms with Crippen LogP contribution in [0.1, 0.15) is 67.2 Å². The number of nitrogens with zero attached hydrogens (tertiary/aromatic N) is 1. The number of carbonyl (C=O) groups is 1. The molecule has 1 aliphatic heterocycles. The lowest BCUT2D eigenvalue weighted by molar-refractivity contribution is 0.0948. The Bertz CT molecular complexity index is 819. The lowest BCUT2D eigenvalue weighted by atomic mass is 9.77. The zero-order valence-corrected chi connectivity index (χ0v) is 18.5. The van der Waals surface area contributed by atoms with Crippen LogP contribution in [-0.2, 0) is 0 Å². The van der Waals surface area contributed by atoms with Crippen molar-refractivity contribution in [3.05, 3.63) is 65.2 Å². The van der Waals surface area contributed by atoms with Gasteiger partial charge in [-0.25, -0.2) is 0 Å². The molecule has 3 unspecified atom stereocenters. The SMILES string of the molecule is CCCC1C(N)c2cc(C(=O)NCCN(CC)CC)ccc2NC1c1ccccc1. The molecular formula is C25H36N4O. The number of amides is 1. The van der Waals surface area contributed by atoms with E-state index in [2.05, 4.69) is 60.6 Å². The number of fused-ring (bicyclic) bond motifs is 1. The van der Waals surface area contributed by atoms with Crippen LogP contribution in [-0.4, -0.2) is 37.0 Å². The maximum atomic E-state index is 12.7. The molecule has 0 saturated heterocycles. The molecule has 3 rings (SSSR count). The van der Waals surface area contributed by atoms with Gasteiger partial charge in [-0.1, -0.05) is 57.5 Å². The van der Waals surface area contributed by atoms with Crippen molar-refractivity contribution in [2.45, 2.75) is 45.7 Å². The molecule has 0 fully saturated rings. The van der Waals surface area contributed by atoms with E-state index in [1.54, 1.807) is 0 Å². The number of anilines is 1. The average molecular weight is 409 g/mol. The van der Waals surface area contributed by atoms with Crippen molar-refractivity contribution in [3.63, 3.8) is 0 Å². The Morgan fingerprint density at radius 3 is 2.50 bits per heavy atom. The van der Waals surface area contributed by atoms with Crippen molar-refractivity contribution in [1.29, 1.82) is 0 Å². The summed E-state index contributed by atoms with van der Waals surface area (Å²) in [5.41, 5.74) is 10.8. The molecule has 0 radical (unpaired) electrons. The van der Waals surface area contributed by atoms with Crippen LogP contribution in [0.25, 0.3) is 0 Å². The van der Waals surface area contributed by atoms with Gasteiger partial charge in [0.15, 0.2) is 0 Å². The molecule has 162 valence electrons. The highest BCUT2D eigenvalue weighted by Crippen LogP contribution is 2.44. The molecule has 0 aliphatic carbocycles. The third kappa shape index (κ3) is 5.02. The van der Waals surface area contributed by atoms with Crippen LogP contribution in [0.3, 0.4) is 0 Å². The van der Waals surface area contributed by atoms with Gasteiger partial charge in [0.05, 0.1) is 6.04 Å². The van der Waals surface area contributed by atoms with Gasteiger partial charge in [0, 0.05) is 36.3 Å². The Hall–Kier alpha value is -2.37. The molecule has 0 bridgehead atoms. The summed E-state index contributed by atoms with van der Waals surface area (Å²) in [6, 6.07) is 16.5. The Morgan fingerprint density at radius 1 is 1.10 bits per heavy atom. The Balaban J connectivity index is 1.77. The van der Waals surface area contributed by atoms with Gasteiger partial charge in [0.2, 0.25) is 0 Å². The number of benzene rings is 2. The quantitative estimate of drug-likeness (QED) is 0.577. The zero-order chi connectivity index (χ0) is 21.5. The fraction of sp³-hybridized carbons (Fsp3) is 0.480. The van der Waals surface area contributed by atoms with Gasteiger partial charge in [-0.2, -0.15) is 0 Å². The highest BCUT2D eigenvalue weighted by molar-refractivity contribution is 5.95. The van der Waals surface area contributed by atoms with E-state index in [0.29, 0.717) is 12.1 Å². The molecule has 5 nitrogen and oxygen atoms in total. The van der Waals surface area contributed by atoms with Gasteiger partial charge in [-0.05, 0) is 48.8 Å². The highest BCUT2D eigenvalue weighted by Gasteiger charge is 2.35. The maximum absolute atomic E-state index is 12.7. The third-order valence-corrected chi connectivity index (χ3v) is 6.26. The summed E-state index contributed by atoms with van der Waals surface area (Å²) in [5.74, 6) is 0.250. The fourth-order valence-corrected chi connectivity index (χ4v) is 4.46. The predicted molar refractivity (Wildman–Crippen MR) is 125 cm³/mol. The van der Waals surface area contributed by atoms with Crippen molar-refractivity contribution in [2.24, 2.45) is 11.7 Å². The molecule has 0 aromatic heterocycles. The van der Waals surface area contributed by atoms with E-state index in [1.807, 2.05) is 24.3 Å². The molecule has 30 heavy (non-hydrogen) atoms. The van der Waals surface area contributed by atoms with Crippen LogP contribution in [0.4, 0.5) is 5.69 Å². The summed E-state index contributed by atoms with van der Waals surface area (Å²) >= 11 is 0. The number of nitrogens with two attached hydrogens (primary N) is 1. The minimum atomic E-state index is -0.102. The molecule has 5 heteroatoms. The summed E-state index contributed by atoms with van der Waals surface area (Å²) in [4.78, 5) is 15.0. The van der Waals surface area contributed by atoms with Crippen LogP contribution < -0.4 is 16.4 Å². The molecule has 1 amide bonds. The van der Waals surface area contributed by atoms with Crippen molar-refractivity contribution in [1.82, 2.24) is 10.2 Å². The van der Waals surface area contributed by atoms with Crippen LogP contribution in [0, 0.1) is 5.92 Å². The van der Waals surface area contributed by atoms with Crippen LogP contribution in [0.2, 0.25) is 0 Å². The zero-order valence-electron chi connectivity index (χ0n) is 18.5. The van der Waals surface area contributed by atoms with E-state index in [-0.39, 0.29) is 23.9 Å². The number of likely N-dealkylation sites (N-methyl/N-ethyl adjacent to an activating group) is 1. The van der Waals surface area contributed by atoms with E-state index < -0.39 is 0 Å². The minimum Gasteiger partial charge on any atom is -0.378 e. The topological polar surface area (TPSA) is 70.4 Å². The van der Waals surface area contributed by atoms with Crippen molar-refractivity contribution in [2.75, 3.05) is 31.5 Å². The fourth-order valence-electron chi connectivity index (χ4n) is 4.46. The van der Waals surface area contributed by atoms with Crippen LogP contribution in [0.15, 0.2) is 48.5 Å². The molecule has 0 spiro atoms. The molecule has 2 aromatic rings. The first-order valence-corrected chi connectivity index (χ1v) is 11.3. The van der Waals surface area contributed by atoms with Gasteiger partial charge in [0.1, 0.15) is 0 Å². The summed E-state index contributed by atoms with van der Waals surface area (Å²) in [7, 11) is 0. The molecule has 1 aliphatic rings. The number of hydrogen-bond donors (Lipinski definition) is 3. The average Bonchev–Trinajstić information content (AvgIpc) is 2.78. The van der Waals surface area contributed by atoms with Gasteiger partial charge in [-0.3, -0.25) is 4.79 Å². The normalized spacial score (nSPS) is 20.5. The Kier molecular flexibility index (Phi) is 7.88. The number of hydrogen-bond acceptors (Lipinski definition) is 4. The first kappa shape index (κ1) is 22.3. The molecule has 1 heterocycles. The molecule has 2 aromatic carbocycles.